The van der Waals surface area contributed by atoms with Gasteiger partial charge in [0.25, 0.3) is 0 Å². The molecule has 0 spiro atoms. The van der Waals surface area contributed by atoms with Crippen LogP contribution in [-0.4, -0.2) is 10.5 Å². The van der Waals surface area contributed by atoms with Crippen LogP contribution in [0, 0.1) is 13.8 Å². The predicted molar refractivity (Wildman–Crippen MR) is 138 cm³/mol. The topological polar surface area (TPSA) is 48.0 Å². The van der Waals surface area contributed by atoms with Crippen LogP contribution in [0.3, 0.4) is 0 Å². The number of nitrogens with zero attached hydrogens (tertiary/aromatic N) is 1. The molecule has 0 unspecified atom stereocenters. The molecule has 2 N–H and O–H groups in total. The molecule has 0 atom stereocenters. The van der Waals surface area contributed by atoms with Crippen molar-refractivity contribution in [1.82, 2.24) is 4.57 Å². The lowest BCUT2D eigenvalue weighted by molar-refractivity contribution is 0.100. The Kier molecular flexibility index (Phi) is 5.40. The number of nitrogens with two attached hydrogens (primary N) is 1. The Hall–Kier alpha value is -3.27. The molecule has 33 heavy (non-hydrogen) atoms. The zero-order chi connectivity index (χ0) is 23.3. The van der Waals surface area contributed by atoms with Crippen molar-refractivity contribution in [3.63, 3.8) is 0 Å². The first-order chi connectivity index (χ1) is 15.8. The summed E-state index contributed by atoms with van der Waals surface area (Å²) in [5.41, 5.74) is 13.6. The zero-order valence-electron chi connectivity index (χ0n) is 18.3. The van der Waals surface area contributed by atoms with Gasteiger partial charge in [-0.1, -0.05) is 65.7 Å². The standard InChI is InChI=1S/C28H22Cl2N2O/c1-16-9-10-18(13-17(16)2)15-32-24-8-3-5-21(28(31)33)27(24)20-12-11-19(14-25(20)32)26-22(29)6-4-7-23(26)30/h3-14H,15H2,1-2H3,(H2,31,33). The molecule has 5 heteroatoms. The van der Waals surface area contributed by atoms with E-state index < -0.39 is 5.91 Å². The van der Waals surface area contributed by atoms with Crippen molar-refractivity contribution in [2.24, 2.45) is 5.73 Å². The highest BCUT2D eigenvalue weighted by Gasteiger charge is 2.18. The van der Waals surface area contributed by atoms with E-state index in [0.29, 0.717) is 22.2 Å². The van der Waals surface area contributed by atoms with Crippen LogP contribution in [0.4, 0.5) is 0 Å². The Balaban J connectivity index is 1.82. The van der Waals surface area contributed by atoms with E-state index in [1.165, 1.54) is 16.7 Å². The maximum absolute atomic E-state index is 12.3. The van der Waals surface area contributed by atoms with Gasteiger partial charge in [-0.2, -0.15) is 0 Å². The number of aromatic nitrogens is 1. The quantitative estimate of drug-likeness (QED) is 0.288. The molecule has 0 radical (unpaired) electrons. The summed E-state index contributed by atoms with van der Waals surface area (Å²) >= 11 is 13.0. The molecule has 1 amide bonds. The molecule has 1 aromatic heterocycles. The van der Waals surface area contributed by atoms with Gasteiger partial charge in [-0.05, 0) is 66.4 Å². The van der Waals surface area contributed by atoms with Gasteiger partial charge in [0.05, 0.1) is 11.0 Å². The van der Waals surface area contributed by atoms with Crippen LogP contribution in [0.1, 0.15) is 27.0 Å². The number of primary amides is 1. The van der Waals surface area contributed by atoms with Crippen molar-refractivity contribution in [2.45, 2.75) is 20.4 Å². The van der Waals surface area contributed by atoms with Crippen LogP contribution in [0.2, 0.25) is 10.0 Å². The van der Waals surface area contributed by atoms with E-state index in [1.807, 2.05) is 42.5 Å². The van der Waals surface area contributed by atoms with Crippen LogP contribution in [0.15, 0.2) is 72.8 Å². The van der Waals surface area contributed by atoms with Crippen LogP contribution in [0.5, 0.6) is 0 Å². The number of carbonyl (C=O) groups is 1. The molecular formula is C28H22Cl2N2O. The average molecular weight is 473 g/mol. The van der Waals surface area contributed by atoms with E-state index in [2.05, 4.69) is 42.7 Å². The first-order valence-electron chi connectivity index (χ1n) is 10.7. The number of amides is 1. The number of rotatable bonds is 4. The van der Waals surface area contributed by atoms with Crippen molar-refractivity contribution in [1.29, 1.82) is 0 Å². The lowest BCUT2D eigenvalue weighted by Crippen LogP contribution is -2.11. The number of benzene rings is 4. The first-order valence-corrected chi connectivity index (χ1v) is 11.5. The molecule has 1 heterocycles. The third-order valence-corrected chi connectivity index (χ3v) is 6.95. The molecule has 3 nitrogen and oxygen atoms in total. The van der Waals surface area contributed by atoms with E-state index in [-0.39, 0.29) is 0 Å². The smallest absolute Gasteiger partial charge is 0.249 e. The largest absolute Gasteiger partial charge is 0.366 e. The van der Waals surface area contributed by atoms with E-state index >= 15 is 0 Å². The summed E-state index contributed by atoms with van der Waals surface area (Å²) in [5, 5.41) is 3.02. The third-order valence-electron chi connectivity index (χ3n) is 6.32. The molecule has 164 valence electrons. The molecule has 5 rings (SSSR count). The molecule has 0 aliphatic rings. The monoisotopic (exact) mass is 472 g/mol. The second kappa shape index (κ2) is 8.26. The molecule has 4 aromatic carbocycles. The van der Waals surface area contributed by atoms with Crippen molar-refractivity contribution in [3.8, 4) is 11.1 Å². The number of carbonyl (C=O) groups excluding carboxylic acids is 1. The van der Waals surface area contributed by atoms with E-state index in [4.69, 9.17) is 28.9 Å². The summed E-state index contributed by atoms with van der Waals surface area (Å²) in [7, 11) is 0. The van der Waals surface area contributed by atoms with E-state index in [1.54, 1.807) is 6.07 Å². The van der Waals surface area contributed by atoms with Crippen molar-refractivity contribution < 1.29 is 4.79 Å². The molecule has 0 fully saturated rings. The number of aryl methyl sites for hydroxylation is 2. The van der Waals surface area contributed by atoms with Crippen LogP contribution in [-0.2, 0) is 6.54 Å². The number of hydrogen-bond acceptors (Lipinski definition) is 1. The number of fused-ring (bicyclic) bond motifs is 3. The molecule has 0 aliphatic heterocycles. The summed E-state index contributed by atoms with van der Waals surface area (Å²) in [6.07, 6.45) is 0. The SMILES string of the molecule is Cc1ccc(Cn2c3cc(-c4c(Cl)cccc4Cl)ccc3c3c(C(N)=O)cccc32)cc1C. The van der Waals surface area contributed by atoms with Crippen LogP contribution >= 0.6 is 23.2 Å². The summed E-state index contributed by atoms with van der Waals surface area (Å²) in [4.78, 5) is 12.3. The van der Waals surface area contributed by atoms with Gasteiger partial charge >= 0.3 is 0 Å². The third kappa shape index (κ3) is 3.68. The summed E-state index contributed by atoms with van der Waals surface area (Å²) < 4.78 is 2.23. The second-order valence-corrected chi connectivity index (χ2v) is 9.21. The highest BCUT2D eigenvalue weighted by Crippen LogP contribution is 2.39. The fraction of sp³-hybridized carbons (Fsp3) is 0.107. The van der Waals surface area contributed by atoms with Gasteiger partial charge in [-0.25, -0.2) is 0 Å². The Morgan fingerprint density at radius 2 is 1.58 bits per heavy atom. The first kappa shape index (κ1) is 21.6. The molecule has 0 saturated heterocycles. The van der Waals surface area contributed by atoms with Crippen LogP contribution in [0.25, 0.3) is 32.9 Å². The lowest BCUT2D eigenvalue weighted by Gasteiger charge is -2.12. The van der Waals surface area contributed by atoms with E-state index in [9.17, 15) is 4.79 Å². The molecular weight excluding hydrogens is 451 g/mol. The maximum Gasteiger partial charge on any atom is 0.249 e. The van der Waals surface area contributed by atoms with Gasteiger partial charge in [0, 0.05) is 38.5 Å². The highest BCUT2D eigenvalue weighted by atomic mass is 35.5. The van der Waals surface area contributed by atoms with Crippen molar-refractivity contribution in [2.75, 3.05) is 0 Å². The number of hydrogen-bond donors (Lipinski definition) is 1. The fourth-order valence-electron chi connectivity index (χ4n) is 4.53. The average Bonchev–Trinajstić information content (AvgIpc) is 3.09. The minimum atomic E-state index is -0.441. The van der Waals surface area contributed by atoms with Gasteiger partial charge in [0.2, 0.25) is 5.91 Å². The Morgan fingerprint density at radius 3 is 2.27 bits per heavy atom. The van der Waals surface area contributed by atoms with Gasteiger partial charge in [-0.3, -0.25) is 4.79 Å². The van der Waals surface area contributed by atoms with Gasteiger partial charge in [-0.15, -0.1) is 0 Å². The highest BCUT2D eigenvalue weighted by molar-refractivity contribution is 6.39. The van der Waals surface area contributed by atoms with Crippen LogP contribution < -0.4 is 5.73 Å². The minimum Gasteiger partial charge on any atom is -0.366 e. The number of halogens is 2. The summed E-state index contributed by atoms with van der Waals surface area (Å²) in [5.74, 6) is -0.441. The predicted octanol–water partition coefficient (Wildman–Crippen LogP) is 7.53. The minimum absolute atomic E-state index is 0.441. The maximum atomic E-state index is 12.3. The lowest BCUT2D eigenvalue weighted by atomic mass is 10.0. The molecule has 5 aromatic rings. The normalized spacial score (nSPS) is 11.4. The Bertz CT molecular complexity index is 1550. The second-order valence-electron chi connectivity index (χ2n) is 8.40. The van der Waals surface area contributed by atoms with E-state index in [0.717, 1.165) is 32.9 Å². The van der Waals surface area contributed by atoms with Gasteiger partial charge in [0.1, 0.15) is 0 Å². The zero-order valence-corrected chi connectivity index (χ0v) is 19.8. The molecule has 0 saturated carbocycles. The Morgan fingerprint density at radius 1 is 0.848 bits per heavy atom. The van der Waals surface area contributed by atoms with Gasteiger partial charge in [0.15, 0.2) is 0 Å². The van der Waals surface area contributed by atoms with Crippen molar-refractivity contribution >= 4 is 50.9 Å². The molecule has 0 aliphatic carbocycles. The Labute approximate surface area is 202 Å². The summed E-state index contributed by atoms with van der Waals surface area (Å²) in [6, 6.07) is 23.8. The molecule has 0 bridgehead atoms. The van der Waals surface area contributed by atoms with Gasteiger partial charge < -0.3 is 10.3 Å². The van der Waals surface area contributed by atoms with Crippen molar-refractivity contribution in [3.05, 3.63) is 105 Å². The fourth-order valence-corrected chi connectivity index (χ4v) is 5.15. The summed E-state index contributed by atoms with van der Waals surface area (Å²) in [6.45, 7) is 4.88.